The van der Waals surface area contributed by atoms with E-state index in [4.69, 9.17) is 0 Å². The van der Waals surface area contributed by atoms with Gasteiger partial charge in [-0.2, -0.15) is 0 Å². The number of nitrogens with one attached hydrogen (secondary N) is 2. The normalized spacial score (nSPS) is 11.4. The number of aromatic nitrogens is 2. The summed E-state index contributed by atoms with van der Waals surface area (Å²) in [7, 11) is 1.90. The van der Waals surface area contributed by atoms with Gasteiger partial charge in [-0.05, 0) is 36.4 Å². The molecule has 0 atom stereocenters. The molecule has 0 bridgehead atoms. The maximum absolute atomic E-state index is 14.1. The van der Waals surface area contributed by atoms with E-state index < -0.39 is 17.6 Å². The Hall–Kier alpha value is -4.26. The molecule has 2 aromatic heterocycles. The summed E-state index contributed by atoms with van der Waals surface area (Å²) in [5, 5.41) is 6.26. The molecule has 2 heterocycles. The van der Waals surface area contributed by atoms with Gasteiger partial charge in [0, 0.05) is 35.9 Å². The van der Waals surface area contributed by atoms with Crippen molar-refractivity contribution in [3.8, 4) is 0 Å². The highest BCUT2D eigenvalue weighted by atomic mass is 19.1. The molecule has 160 valence electrons. The van der Waals surface area contributed by atoms with Gasteiger partial charge >= 0.3 is 0 Å². The van der Waals surface area contributed by atoms with Gasteiger partial charge in [0.2, 0.25) is 0 Å². The van der Waals surface area contributed by atoms with Crippen molar-refractivity contribution in [1.29, 1.82) is 0 Å². The van der Waals surface area contributed by atoms with Crippen molar-refractivity contribution < 1.29 is 14.0 Å². The topological polar surface area (TPSA) is 76.0 Å². The van der Waals surface area contributed by atoms with E-state index >= 15 is 0 Å². The molecule has 0 aliphatic rings. The highest BCUT2D eigenvalue weighted by molar-refractivity contribution is 6.06. The van der Waals surface area contributed by atoms with E-state index in [1.165, 1.54) is 18.2 Å². The summed E-state index contributed by atoms with van der Waals surface area (Å²) in [6.45, 7) is 0.183. The van der Waals surface area contributed by atoms with Crippen LogP contribution in [0.4, 0.5) is 4.39 Å². The smallest absolute Gasteiger partial charge is 0.268 e. The fraction of sp³-hybridized carbons (Fsp3) is 0.0800. The minimum Gasteiger partial charge on any atom is -0.350 e. The number of hydrogen-bond donors (Lipinski definition) is 2. The summed E-state index contributed by atoms with van der Waals surface area (Å²) in [5.74, 6) is -1.88. The molecule has 2 amide bonds. The zero-order chi connectivity index (χ0) is 22.5. The minimum absolute atomic E-state index is 0.00513. The number of carbonyl (C=O) groups is 2. The number of hydrogen-bond acceptors (Lipinski definition) is 3. The number of rotatable bonds is 6. The predicted molar refractivity (Wildman–Crippen MR) is 121 cm³/mol. The summed E-state index contributed by atoms with van der Waals surface area (Å²) in [6, 6.07) is 18.7. The summed E-state index contributed by atoms with van der Waals surface area (Å²) in [6.07, 6.45) is 5.09. The molecule has 4 rings (SSSR count). The Labute approximate surface area is 184 Å². The van der Waals surface area contributed by atoms with E-state index in [0.29, 0.717) is 5.69 Å². The predicted octanol–water partition coefficient (Wildman–Crippen LogP) is 3.80. The first kappa shape index (κ1) is 21.0. The Morgan fingerprint density at radius 3 is 2.56 bits per heavy atom. The molecule has 7 heteroatoms. The number of nitrogens with zero attached hydrogens (tertiary/aromatic N) is 2. The van der Waals surface area contributed by atoms with Crippen molar-refractivity contribution in [2.24, 2.45) is 7.05 Å². The first-order valence-corrected chi connectivity index (χ1v) is 10.0. The van der Waals surface area contributed by atoms with E-state index in [-0.39, 0.29) is 17.8 Å². The van der Waals surface area contributed by atoms with E-state index in [2.05, 4.69) is 15.6 Å². The Morgan fingerprint density at radius 1 is 1.03 bits per heavy atom. The van der Waals surface area contributed by atoms with Crippen molar-refractivity contribution in [2.75, 3.05) is 0 Å². The van der Waals surface area contributed by atoms with Crippen LogP contribution in [0.5, 0.6) is 0 Å². The SMILES string of the molecule is Cn1cc(/C=C(\NC(=O)c2ccccc2F)C(=O)NCc2ccccn2)c2ccccc21. The monoisotopic (exact) mass is 428 g/mol. The molecule has 0 aliphatic carbocycles. The van der Waals surface area contributed by atoms with Crippen molar-refractivity contribution >= 4 is 28.8 Å². The minimum atomic E-state index is -0.706. The van der Waals surface area contributed by atoms with Crippen LogP contribution in [0.15, 0.2) is 84.8 Å². The Morgan fingerprint density at radius 2 is 1.78 bits per heavy atom. The first-order valence-electron chi connectivity index (χ1n) is 10.0. The molecule has 0 unspecified atom stereocenters. The molecule has 0 radical (unpaired) electrons. The van der Waals surface area contributed by atoms with Gasteiger partial charge in [0.15, 0.2) is 0 Å². The largest absolute Gasteiger partial charge is 0.350 e. The highest BCUT2D eigenvalue weighted by Crippen LogP contribution is 2.22. The molecular weight excluding hydrogens is 407 g/mol. The lowest BCUT2D eigenvalue weighted by atomic mass is 10.1. The maximum Gasteiger partial charge on any atom is 0.268 e. The lowest BCUT2D eigenvalue weighted by Gasteiger charge is -2.11. The van der Waals surface area contributed by atoms with E-state index in [9.17, 15) is 14.0 Å². The number of benzene rings is 2. The van der Waals surface area contributed by atoms with Crippen LogP contribution in [0.1, 0.15) is 21.6 Å². The van der Waals surface area contributed by atoms with Gasteiger partial charge in [-0.15, -0.1) is 0 Å². The number of pyridine rings is 1. The quantitative estimate of drug-likeness (QED) is 0.459. The standard InChI is InChI=1S/C25H21FN4O2/c1-30-16-17(19-9-3-5-12-23(19)30)14-22(25(32)28-15-18-8-6-7-13-27-18)29-24(31)20-10-2-4-11-21(20)26/h2-14,16H,15H2,1H3,(H,28,32)(H,29,31)/b22-14-. The second-order valence-corrected chi connectivity index (χ2v) is 7.21. The van der Waals surface area contributed by atoms with Crippen LogP contribution in [-0.2, 0) is 18.4 Å². The zero-order valence-electron chi connectivity index (χ0n) is 17.4. The number of aryl methyl sites for hydroxylation is 1. The summed E-state index contributed by atoms with van der Waals surface area (Å²) in [4.78, 5) is 29.9. The molecule has 32 heavy (non-hydrogen) atoms. The molecule has 2 aromatic carbocycles. The van der Waals surface area contributed by atoms with E-state index in [1.807, 2.05) is 48.1 Å². The average molecular weight is 428 g/mol. The van der Waals surface area contributed by atoms with Crippen molar-refractivity contribution in [1.82, 2.24) is 20.2 Å². The van der Waals surface area contributed by atoms with Crippen LogP contribution >= 0.6 is 0 Å². The van der Waals surface area contributed by atoms with Gasteiger partial charge in [-0.1, -0.05) is 36.4 Å². The van der Waals surface area contributed by atoms with Crippen LogP contribution in [0.3, 0.4) is 0 Å². The summed E-state index contributed by atoms with van der Waals surface area (Å²) >= 11 is 0. The van der Waals surface area contributed by atoms with E-state index in [0.717, 1.165) is 16.5 Å². The second-order valence-electron chi connectivity index (χ2n) is 7.21. The van der Waals surface area contributed by atoms with Crippen molar-refractivity contribution in [3.05, 3.63) is 107 Å². The molecule has 0 saturated heterocycles. The highest BCUT2D eigenvalue weighted by Gasteiger charge is 2.18. The third-order valence-corrected chi connectivity index (χ3v) is 5.00. The van der Waals surface area contributed by atoms with Gasteiger partial charge in [0.1, 0.15) is 11.5 Å². The van der Waals surface area contributed by atoms with Crippen LogP contribution in [0, 0.1) is 5.82 Å². The first-order chi connectivity index (χ1) is 15.5. The fourth-order valence-electron chi connectivity index (χ4n) is 3.41. The number of carbonyl (C=O) groups excluding carboxylic acids is 2. The van der Waals surface area contributed by atoms with Gasteiger partial charge in [0.05, 0.1) is 17.8 Å². The van der Waals surface area contributed by atoms with Crippen LogP contribution in [0.2, 0.25) is 0 Å². The number of amides is 2. The molecule has 4 aromatic rings. The molecular formula is C25H21FN4O2. The van der Waals surface area contributed by atoms with Gasteiger partial charge in [0.25, 0.3) is 11.8 Å². The van der Waals surface area contributed by atoms with Crippen LogP contribution in [-0.4, -0.2) is 21.4 Å². The molecule has 0 aliphatic heterocycles. The molecule has 6 nitrogen and oxygen atoms in total. The summed E-state index contributed by atoms with van der Waals surface area (Å²) in [5.41, 5.74) is 2.26. The molecule has 2 N–H and O–H groups in total. The summed E-state index contributed by atoms with van der Waals surface area (Å²) < 4.78 is 16.0. The molecule has 0 fully saturated rings. The van der Waals surface area contributed by atoms with Crippen LogP contribution in [0.25, 0.3) is 17.0 Å². The van der Waals surface area contributed by atoms with Crippen molar-refractivity contribution in [3.63, 3.8) is 0 Å². The fourth-order valence-corrected chi connectivity index (χ4v) is 3.41. The third-order valence-electron chi connectivity index (χ3n) is 5.00. The lowest BCUT2D eigenvalue weighted by Crippen LogP contribution is -2.35. The van der Waals surface area contributed by atoms with E-state index in [1.54, 1.807) is 30.5 Å². The van der Waals surface area contributed by atoms with Crippen LogP contribution < -0.4 is 10.6 Å². The van der Waals surface area contributed by atoms with Gasteiger partial charge in [-0.3, -0.25) is 14.6 Å². The zero-order valence-corrected chi connectivity index (χ0v) is 17.4. The molecule has 0 saturated carbocycles. The Bertz CT molecular complexity index is 1310. The number of para-hydroxylation sites is 1. The Balaban J connectivity index is 1.67. The third kappa shape index (κ3) is 4.57. The van der Waals surface area contributed by atoms with Gasteiger partial charge in [-0.25, -0.2) is 4.39 Å². The average Bonchev–Trinajstić information content (AvgIpc) is 3.13. The molecule has 0 spiro atoms. The lowest BCUT2D eigenvalue weighted by molar-refractivity contribution is -0.117. The van der Waals surface area contributed by atoms with Crippen molar-refractivity contribution in [2.45, 2.75) is 6.54 Å². The second kappa shape index (κ2) is 9.26. The van der Waals surface area contributed by atoms with Gasteiger partial charge < -0.3 is 15.2 Å². The number of fused-ring (bicyclic) bond motifs is 1. The number of halogens is 1. The Kier molecular flexibility index (Phi) is 6.07. The maximum atomic E-state index is 14.1.